The Hall–Kier alpha value is -1.30. The summed E-state index contributed by atoms with van der Waals surface area (Å²) in [5.74, 6) is -0.630. The summed E-state index contributed by atoms with van der Waals surface area (Å²) in [6.07, 6.45) is 2.21. The van der Waals surface area contributed by atoms with Crippen LogP contribution in [0.25, 0.3) is 0 Å². The van der Waals surface area contributed by atoms with E-state index in [4.69, 9.17) is 10.2 Å². The number of urea groups is 1. The lowest BCUT2D eigenvalue weighted by atomic mass is 9.92. The van der Waals surface area contributed by atoms with Crippen LogP contribution in [0.2, 0.25) is 0 Å². The lowest BCUT2D eigenvalue weighted by Crippen LogP contribution is -2.48. The first-order valence-corrected chi connectivity index (χ1v) is 6.29. The van der Waals surface area contributed by atoms with Crippen LogP contribution in [-0.4, -0.2) is 41.4 Å². The second-order valence-electron chi connectivity index (χ2n) is 5.25. The zero-order valence-electron chi connectivity index (χ0n) is 10.9. The van der Waals surface area contributed by atoms with E-state index < -0.39 is 18.0 Å². The van der Waals surface area contributed by atoms with Gasteiger partial charge in [-0.15, -0.1) is 0 Å². The second-order valence-corrected chi connectivity index (χ2v) is 5.25. The zero-order chi connectivity index (χ0) is 13.8. The molecule has 1 aliphatic rings. The van der Waals surface area contributed by atoms with E-state index in [1.54, 1.807) is 0 Å². The third kappa shape index (κ3) is 3.87. The number of hydrogen-bond acceptors (Lipinski definition) is 3. The number of aliphatic hydroxyl groups excluding tert-OH is 1. The third-order valence-corrected chi connectivity index (χ3v) is 3.74. The van der Waals surface area contributed by atoms with Crippen molar-refractivity contribution >= 4 is 12.0 Å². The number of amides is 2. The molecule has 0 aromatic rings. The predicted molar refractivity (Wildman–Crippen MR) is 66.2 cm³/mol. The number of aliphatic hydroxyl groups is 1. The van der Waals surface area contributed by atoms with E-state index in [1.165, 1.54) is 0 Å². The van der Waals surface area contributed by atoms with Gasteiger partial charge in [0.25, 0.3) is 0 Å². The van der Waals surface area contributed by atoms with Crippen LogP contribution in [0, 0.1) is 11.3 Å². The Labute approximate surface area is 107 Å². The molecule has 2 amide bonds. The largest absolute Gasteiger partial charge is 0.480 e. The maximum atomic E-state index is 11.6. The van der Waals surface area contributed by atoms with Crippen molar-refractivity contribution in [3.8, 4) is 0 Å². The highest BCUT2D eigenvalue weighted by Crippen LogP contribution is 2.51. The Morgan fingerprint density at radius 3 is 2.33 bits per heavy atom. The van der Waals surface area contributed by atoms with E-state index in [9.17, 15) is 9.59 Å². The van der Waals surface area contributed by atoms with Crippen LogP contribution in [0.4, 0.5) is 4.79 Å². The minimum atomic E-state index is -1.14. The summed E-state index contributed by atoms with van der Waals surface area (Å²) in [6, 6.07) is -1.52. The fourth-order valence-electron chi connectivity index (χ4n) is 1.97. The average Bonchev–Trinajstić information content (AvgIpc) is 3.06. The van der Waals surface area contributed by atoms with Crippen molar-refractivity contribution in [2.45, 2.75) is 39.2 Å². The van der Waals surface area contributed by atoms with E-state index in [1.807, 2.05) is 0 Å². The van der Waals surface area contributed by atoms with Gasteiger partial charge in [0.05, 0.1) is 0 Å². The minimum absolute atomic E-state index is 0.0120. The summed E-state index contributed by atoms with van der Waals surface area (Å²) in [7, 11) is 0. The normalized spacial score (nSPS) is 18.2. The van der Waals surface area contributed by atoms with Gasteiger partial charge in [-0.25, -0.2) is 9.59 Å². The highest BCUT2D eigenvalue weighted by atomic mass is 16.4. The molecule has 0 saturated heterocycles. The maximum absolute atomic E-state index is 11.6. The molecule has 1 atom stereocenters. The summed E-state index contributed by atoms with van der Waals surface area (Å²) in [5, 5.41) is 22.6. The van der Waals surface area contributed by atoms with Crippen LogP contribution in [0.3, 0.4) is 0 Å². The Balaban J connectivity index is 2.35. The molecule has 0 spiro atoms. The number of carbonyl (C=O) groups is 2. The quantitative estimate of drug-likeness (QED) is 0.536. The summed E-state index contributed by atoms with van der Waals surface area (Å²) < 4.78 is 0. The summed E-state index contributed by atoms with van der Waals surface area (Å²) >= 11 is 0. The van der Waals surface area contributed by atoms with E-state index in [-0.39, 0.29) is 18.4 Å². The average molecular weight is 258 g/mol. The van der Waals surface area contributed by atoms with Crippen LogP contribution >= 0.6 is 0 Å². The molecular weight excluding hydrogens is 236 g/mol. The number of rotatable bonds is 7. The maximum Gasteiger partial charge on any atom is 0.326 e. The van der Waals surface area contributed by atoms with Gasteiger partial charge in [-0.1, -0.05) is 13.8 Å². The molecule has 0 radical (unpaired) electrons. The summed E-state index contributed by atoms with van der Waals surface area (Å²) in [4.78, 5) is 22.4. The third-order valence-electron chi connectivity index (χ3n) is 3.74. The van der Waals surface area contributed by atoms with Gasteiger partial charge in [0.15, 0.2) is 0 Å². The monoisotopic (exact) mass is 258 g/mol. The fraction of sp³-hybridized carbons (Fsp3) is 0.833. The fourth-order valence-corrected chi connectivity index (χ4v) is 1.97. The molecule has 0 unspecified atom stereocenters. The lowest BCUT2D eigenvalue weighted by Gasteiger charge is -2.21. The molecule has 6 nitrogen and oxygen atoms in total. The van der Waals surface area contributed by atoms with Crippen molar-refractivity contribution in [1.29, 1.82) is 0 Å². The molecule has 0 bridgehead atoms. The Bertz CT molecular complexity index is 313. The number of carboxylic acids is 1. The van der Waals surface area contributed by atoms with E-state index in [0.717, 1.165) is 12.8 Å². The first-order chi connectivity index (χ1) is 8.41. The van der Waals surface area contributed by atoms with Crippen molar-refractivity contribution in [3.63, 3.8) is 0 Å². The molecule has 4 N–H and O–H groups in total. The van der Waals surface area contributed by atoms with Crippen LogP contribution in [-0.2, 0) is 4.79 Å². The Morgan fingerprint density at radius 1 is 1.33 bits per heavy atom. The number of nitrogens with one attached hydrogen (secondary N) is 2. The first kappa shape index (κ1) is 14.8. The highest BCUT2D eigenvalue weighted by molar-refractivity contribution is 5.82. The van der Waals surface area contributed by atoms with Crippen LogP contribution < -0.4 is 10.6 Å². The molecular formula is C12H22N2O4. The molecule has 1 fully saturated rings. The molecule has 0 aliphatic heterocycles. The van der Waals surface area contributed by atoms with Gasteiger partial charge in [0.2, 0.25) is 0 Å². The molecule has 1 aliphatic carbocycles. The van der Waals surface area contributed by atoms with Crippen LogP contribution in [0.5, 0.6) is 0 Å². The number of carbonyl (C=O) groups excluding carboxylic acids is 1. The Morgan fingerprint density at radius 2 is 1.94 bits per heavy atom. The van der Waals surface area contributed by atoms with Crippen molar-refractivity contribution < 1.29 is 19.8 Å². The van der Waals surface area contributed by atoms with E-state index in [2.05, 4.69) is 24.5 Å². The van der Waals surface area contributed by atoms with E-state index in [0.29, 0.717) is 12.5 Å². The molecule has 18 heavy (non-hydrogen) atoms. The predicted octanol–water partition coefficient (Wildman–Crippen LogP) is 0.557. The van der Waals surface area contributed by atoms with Gasteiger partial charge < -0.3 is 20.8 Å². The zero-order valence-corrected chi connectivity index (χ0v) is 10.9. The second kappa shape index (κ2) is 6.04. The van der Waals surface area contributed by atoms with Gasteiger partial charge in [0, 0.05) is 19.6 Å². The van der Waals surface area contributed by atoms with Gasteiger partial charge in [-0.2, -0.15) is 0 Å². The van der Waals surface area contributed by atoms with Gasteiger partial charge >= 0.3 is 12.0 Å². The molecule has 1 rings (SSSR count). The number of carboxylic acid groups (broad SMARTS) is 1. The van der Waals surface area contributed by atoms with Gasteiger partial charge in [-0.3, -0.25) is 0 Å². The lowest BCUT2D eigenvalue weighted by molar-refractivity contribution is -0.139. The minimum Gasteiger partial charge on any atom is -0.480 e. The SMILES string of the molecule is CC(C)C1(CNC(=O)N[C@@H](CCO)C(=O)O)CC1. The highest BCUT2D eigenvalue weighted by Gasteiger charge is 2.45. The standard InChI is InChI=1S/C12H22N2O4/c1-8(2)12(4-5-12)7-13-11(18)14-9(3-6-15)10(16)17/h8-9,15H,3-7H2,1-2H3,(H,16,17)(H2,13,14,18)/t9-/m0/s1. The number of hydrogen-bond donors (Lipinski definition) is 4. The van der Waals surface area contributed by atoms with Crippen molar-refractivity contribution in [2.75, 3.05) is 13.2 Å². The topological polar surface area (TPSA) is 98.7 Å². The van der Waals surface area contributed by atoms with Crippen molar-refractivity contribution in [3.05, 3.63) is 0 Å². The Kier molecular flexibility index (Phi) is 4.95. The van der Waals surface area contributed by atoms with Crippen LogP contribution in [0.15, 0.2) is 0 Å². The van der Waals surface area contributed by atoms with Gasteiger partial charge in [-0.05, 0) is 24.2 Å². The molecule has 6 heteroatoms. The number of aliphatic carboxylic acids is 1. The molecule has 0 aromatic heterocycles. The summed E-state index contributed by atoms with van der Waals surface area (Å²) in [5.41, 5.74) is 0.188. The molecule has 1 saturated carbocycles. The molecule has 0 aromatic carbocycles. The summed E-state index contributed by atoms with van der Waals surface area (Å²) in [6.45, 7) is 4.55. The van der Waals surface area contributed by atoms with Crippen molar-refractivity contribution in [2.24, 2.45) is 11.3 Å². The molecule has 0 heterocycles. The first-order valence-electron chi connectivity index (χ1n) is 6.29. The smallest absolute Gasteiger partial charge is 0.326 e. The van der Waals surface area contributed by atoms with Crippen LogP contribution in [0.1, 0.15) is 33.1 Å². The van der Waals surface area contributed by atoms with Gasteiger partial charge in [0.1, 0.15) is 6.04 Å². The van der Waals surface area contributed by atoms with Crippen molar-refractivity contribution in [1.82, 2.24) is 10.6 Å². The molecule has 104 valence electrons. The van der Waals surface area contributed by atoms with E-state index >= 15 is 0 Å².